The van der Waals surface area contributed by atoms with E-state index in [1.165, 1.54) is 77.2 Å². The van der Waals surface area contributed by atoms with Crippen molar-refractivity contribution in [1.82, 2.24) is 5.32 Å². The first-order valence-electron chi connectivity index (χ1n) is 10.1. The Morgan fingerprint density at radius 3 is 2.14 bits per heavy atom. The molecule has 1 saturated heterocycles. The highest BCUT2D eigenvalue weighted by molar-refractivity contribution is 4.69. The molecule has 0 spiro atoms. The first kappa shape index (κ1) is 22.0. The van der Waals surface area contributed by atoms with Crippen LogP contribution in [0.25, 0.3) is 0 Å². The molecule has 1 fully saturated rings. The molecule has 0 saturated carbocycles. The third-order valence-corrected chi connectivity index (χ3v) is 4.90. The van der Waals surface area contributed by atoms with Crippen molar-refractivity contribution in [3.05, 3.63) is 0 Å². The molecule has 0 aliphatic carbocycles. The summed E-state index contributed by atoms with van der Waals surface area (Å²) < 4.78 is 0. The largest absolute Gasteiger partial charge is 0.314 e. The van der Waals surface area contributed by atoms with Crippen molar-refractivity contribution in [3.8, 4) is 0 Å². The van der Waals surface area contributed by atoms with Gasteiger partial charge in [0.15, 0.2) is 0 Å². The minimum absolute atomic E-state index is 0.586. The number of piperidine rings is 1. The summed E-state index contributed by atoms with van der Waals surface area (Å²) in [5.74, 6) is 0.876. The first-order valence-corrected chi connectivity index (χ1v) is 10.1. The van der Waals surface area contributed by atoms with Crippen LogP contribution in [0, 0.1) is 11.3 Å². The monoisotopic (exact) mass is 311 g/mol. The van der Waals surface area contributed by atoms with Gasteiger partial charge in [0, 0.05) is 6.04 Å². The van der Waals surface area contributed by atoms with Crippen molar-refractivity contribution < 1.29 is 0 Å². The normalized spacial score (nSPS) is 19.0. The fraction of sp³-hybridized carbons (Fsp3) is 1.00. The highest BCUT2D eigenvalue weighted by Crippen LogP contribution is 2.30. The van der Waals surface area contributed by atoms with Gasteiger partial charge >= 0.3 is 0 Å². The second-order valence-corrected chi connectivity index (χ2v) is 8.61. The number of hydrogen-bond donors (Lipinski definition) is 1. The van der Waals surface area contributed by atoms with Crippen molar-refractivity contribution in [3.63, 3.8) is 0 Å². The summed E-state index contributed by atoms with van der Waals surface area (Å²) >= 11 is 0. The molecule has 0 aromatic heterocycles. The van der Waals surface area contributed by atoms with Gasteiger partial charge in [0.25, 0.3) is 0 Å². The second kappa shape index (κ2) is 13.4. The lowest BCUT2D eigenvalue weighted by atomic mass is 9.81. The molecule has 0 bridgehead atoms. The standard InChI is InChI=1S/C15H32.C6H13N/c1-6-7-8-9-12-15(4,5)13-10-11-14(2)3;1-6-4-2-3-5-7-6/h14H,6-13H2,1-5H3;6-7H,2-5H2,1H3. The van der Waals surface area contributed by atoms with Crippen LogP contribution in [-0.2, 0) is 0 Å². The molecular weight excluding hydrogens is 266 g/mol. The highest BCUT2D eigenvalue weighted by atomic mass is 14.9. The quantitative estimate of drug-likeness (QED) is 0.454. The average molecular weight is 312 g/mol. The van der Waals surface area contributed by atoms with E-state index in [2.05, 4.69) is 46.9 Å². The summed E-state index contributed by atoms with van der Waals surface area (Å²) in [5.41, 5.74) is 0.586. The molecule has 22 heavy (non-hydrogen) atoms. The molecule has 0 radical (unpaired) electrons. The Hall–Kier alpha value is -0.0400. The predicted octanol–water partition coefficient (Wildman–Crippen LogP) is 6.96. The zero-order valence-electron chi connectivity index (χ0n) is 16.6. The van der Waals surface area contributed by atoms with Gasteiger partial charge in [0.05, 0.1) is 0 Å². The van der Waals surface area contributed by atoms with Gasteiger partial charge < -0.3 is 5.32 Å². The van der Waals surface area contributed by atoms with Gasteiger partial charge in [0.2, 0.25) is 0 Å². The lowest BCUT2D eigenvalue weighted by Gasteiger charge is -2.25. The summed E-state index contributed by atoms with van der Waals surface area (Å²) in [7, 11) is 0. The lowest BCUT2D eigenvalue weighted by molar-refractivity contribution is 0.278. The molecule has 1 heterocycles. The molecule has 1 aliphatic rings. The van der Waals surface area contributed by atoms with Crippen LogP contribution in [0.3, 0.4) is 0 Å². The van der Waals surface area contributed by atoms with Crippen LogP contribution < -0.4 is 5.32 Å². The molecule has 1 unspecified atom stereocenters. The van der Waals surface area contributed by atoms with E-state index in [9.17, 15) is 0 Å². The molecule has 1 atom stereocenters. The van der Waals surface area contributed by atoms with Crippen LogP contribution in [0.4, 0.5) is 0 Å². The van der Waals surface area contributed by atoms with Crippen molar-refractivity contribution in [2.24, 2.45) is 11.3 Å². The first-order chi connectivity index (χ1) is 10.4. The molecule has 0 aromatic carbocycles. The maximum absolute atomic E-state index is 3.38. The Balaban J connectivity index is 0.000000518. The summed E-state index contributed by atoms with van der Waals surface area (Å²) in [4.78, 5) is 0. The maximum Gasteiger partial charge on any atom is 0.00387 e. The number of rotatable bonds is 9. The summed E-state index contributed by atoms with van der Waals surface area (Å²) in [6.45, 7) is 15.3. The van der Waals surface area contributed by atoms with Gasteiger partial charge in [-0.25, -0.2) is 0 Å². The zero-order chi connectivity index (χ0) is 16.8. The molecule has 1 aliphatic heterocycles. The Labute approximate surface area is 142 Å². The lowest BCUT2D eigenvalue weighted by Crippen LogP contribution is -2.30. The average Bonchev–Trinajstić information content (AvgIpc) is 2.44. The fourth-order valence-electron chi connectivity index (χ4n) is 3.17. The molecular formula is C21H45N. The molecule has 134 valence electrons. The molecule has 1 rings (SSSR count). The molecule has 1 heteroatoms. The second-order valence-electron chi connectivity index (χ2n) is 8.61. The van der Waals surface area contributed by atoms with E-state index < -0.39 is 0 Å². The van der Waals surface area contributed by atoms with Gasteiger partial charge in [-0.05, 0) is 50.5 Å². The van der Waals surface area contributed by atoms with E-state index in [-0.39, 0.29) is 0 Å². The van der Waals surface area contributed by atoms with E-state index in [1.807, 2.05) is 0 Å². The maximum atomic E-state index is 3.38. The van der Waals surface area contributed by atoms with Crippen LogP contribution in [-0.4, -0.2) is 12.6 Å². The van der Waals surface area contributed by atoms with Crippen molar-refractivity contribution >= 4 is 0 Å². The van der Waals surface area contributed by atoms with Crippen LogP contribution in [0.2, 0.25) is 0 Å². The van der Waals surface area contributed by atoms with Crippen molar-refractivity contribution in [2.75, 3.05) is 6.54 Å². The smallest absolute Gasteiger partial charge is 0.00387 e. The van der Waals surface area contributed by atoms with Gasteiger partial charge in [-0.1, -0.05) is 79.6 Å². The summed E-state index contributed by atoms with van der Waals surface area (Å²) in [5, 5.41) is 3.38. The SMILES string of the molecule is CC1CCCCN1.CCCCCCC(C)(C)CCCC(C)C. The minimum Gasteiger partial charge on any atom is -0.314 e. The topological polar surface area (TPSA) is 12.0 Å². The third-order valence-electron chi connectivity index (χ3n) is 4.90. The van der Waals surface area contributed by atoms with Crippen LogP contribution in [0.5, 0.6) is 0 Å². The van der Waals surface area contributed by atoms with Crippen LogP contribution in [0.15, 0.2) is 0 Å². The minimum atomic E-state index is 0.586. The third kappa shape index (κ3) is 14.9. The van der Waals surface area contributed by atoms with Gasteiger partial charge in [-0.2, -0.15) is 0 Å². The Morgan fingerprint density at radius 1 is 1.00 bits per heavy atom. The fourth-order valence-corrected chi connectivity index (χ4v) is 3.17. The Bertz CT molecular complexity index is 226. The van der Waals surface area contributed by atoms with Crippen LogP contribution >= 0.6 is 0 Å². The van der Waals surface area contributed by atoms with E-state index in [0.29, 0.717) is 5.41 Å². The Kier molecular flexibility index (Phi) is 13.4. The van der Waals surface area contributed by atoms with E-state index in [1.54, 1.807) is 0 Å². The summed E-state index contributed by atoms with van der Waals surface area (Å²) in [6, 6.07) is 0.786. The zero-order valence-corrected chi connectivity index (χ0v) is 16.6. The molecule has 0 aromatic rings. The summed E-state index contributed by atoms with van der Waals surface area (Å²) in [6.07, 6.45) is 15.5. The Morgan fingerprint density at radius 2 is 1.68 bits per heavy atom. The number of unbranched alkanes of at least 4 members (excludes halogenated alkanes) is 3. The molecule has 0 amide bonds. The predicted molar refractivity (Wildman–Crippen MR) is 103 cm³/mol. The van der Waals surface area contributed by atoms with E-state index in [0.717, 1.165) is 12.0 Å². The van der Waals surface area contributed by atoms with E-state index >= 15 is 0 Å². The highest BCUT2D eigenvalue weighted by Gasteiger charge is 2.16. The van der Waals surface area contributed by atoms with E-state index in [4.69, 9.17) is 0 Å². The van der Waals surface area contributed by atoms with Gasteiger partial charge in [-0.3, -0.25) is 0 Å². The van der Waals surface area contributed by atoms with Crippen LogP contribution in [0.1, 0.15) is 112 Å². The van der Waals surface area contributed by atoms with Crippen molar-refractivity contribution in [2.45, 2.75) is 118 Å². The van der Waals surface area contributed by atoms with Gasteiger partial charge in [-0.15, -0.1) is 0 Å². The molecule has 1 nitrogen and oxygen atoms in total. The molecule has 1 N–H and O–H groups in total. The van der Waals surface area contributed by atoms with Gasteiger partial charge in [0.1, 0.15) is 0 Å². The number of nitrogens with one attached hydrogen (secondary N) is 1. The van der Waals surface area contributed by atoms with Crippen molar-refractivity contribution in [1.29, 1.82) is 0 Å². The number of hydrogen-bond acceptors (Lipinski definition) is 1.